The van der Waals surface area contributed by atoms with Crippen LogP contribution in [0, 0.1) is 0 Å². The average molecular weight is 558 g/mol. The lowest BCUT2D eigenvalue weighted by atomic mass is 9.98. The molecule has 9 heteroatoms. The predicted octanol–water partition coefficient (Wildman–Crippen LogP) is 6.82. The highest BCUT2D eigenvalue weighted by molar-refractivity contribution is 7.09. The number of rotatable bonds is 7. The first-order valence-corrected chi connectivity index (χ1v) is 14.6. The molecule has 7 rings (SSSR count). The summed E-state index contributed by atoms with van der Waals surface area (Å²) in [5, 5.41) is 14.7. The first kappa shape index (κ1) is 25.2. The highest BCUT2D eigenvalue weighted by atomic mass is 32.1. The molecule has 0 atom stereocenters. The molecule has 1 aliphatic rings. The molecule has 0 radical (unpaired) electrons. The van der Waals surface area contributed by atoms with Crippen molar-refractivity contribution >= 4 is 34.0 Å². The van der Waals surface area contributed by atoms with E-state index < -0.39 is 0 Å². The van der Waals surface area contributed by atoms with Crippen molar-refractivity contribution in [3.8, 4) is 22.3 Å². The van der Waals surface area contributed by atoms with Crippen molar-refractivity contribution in [3.63, 3.8) is 0 Å². The lowest BCUT2D eigenvalue weighted by Crippen LogP contribution is -2.23. The predicted molar refractivity (Wildman–Crippen MR) is 162 cm³/mol. The zero-order chi connectivity index (χ0) is 27.6. The lowest BCUT2D eigenvalue weighted by molar-refractivity contribution is 0.723. The standard InChI is InChI=1S/C32H27N7OS/c40-31-28(24-7-5-23(6-8-24)25-13-14-35-36-19-25)17-26-18-34-32(38-30(26)39(31)20-29-33-15-16-41-29)37-27-11-9-22(10-12-27)21-3-1-2-4-21/h5-19,21H,1-4,20H2,(H,34,37,38). The molecule has 0 spiro atoms. The number of benzene rings is 2. The van der Waals surface area contributed by atoms with E-state index in [-0.39, 0.29) is 5.56 Å². The molecule has 202 valence electrons. The first-order valence-electron chi connectivity index (χ1n) is 13.7. The average Bonchev–Trinajstić information content (AvgIpc) is 3.75. The maximum Gasteiger partial charge on any atom is 0.260 e. The molecule has 0 unspecified atom stereocenters. The van der Waals surface area contributed by atoms with Gasteiger partial charge in [-0.15, -0.1) is 11.3 Å². The summed E-state index contributed by atoms with van der Waals surface area (Å²) in [6, 6.07) is 20.2. The van der Waals surface area contributed by atoms with E-state index >= 15 is 0 Å². The number of pyridine rings is 1. The number of nitrogens with one attached hydrogen (secondary N) is 1. The second-order valence-corrected chi connectivity index (χ2v) is 11.3. The van der Waals surface area contributed by atoms with Gasteiger partial charge in [0.15, 0.2) is 0 Å². The van der Waals surface area contributed by atoms with Crippen LogP contribution < -0.4 is 10.9 Å². The third kappa shape index (κ3) is 5.24. The van der Waals surface area contributed by atoms with Crippen LogP contribution in [0.4, 0.5) is 11.6 Å². The second kappa shape index (κ2) is 11.0. The minimum Gasteiger partial charge on any atom is -0.324 e. The third-order valence-electron chi connectivity index (χ3n) is 7.71. The Morgan fingerprint density at radius 1 is 0.854 bits per heavy atom. The minimum atomic E-state index is -0.128. The van der Waals surface area contributed by atoms with E-state index in [0.29, 0.717) is 29.6 Å². The summed E-state index contributed by atoms with van der Waals surface area (Å²) < 4.78 is 1.69. The van der Waals surface area contributed by atoms with Gasteiger partial charge in [-0.25, -0.2) is 9.97 Å². The van der Waals surface area contributed by atoms with Crippen LogP contribution in [-0.4, -0.2) is 29.7 Å². The van der Waals surface area contributed by atoms with Crippen molar-refractivity contribution in [2.24, 2.45) is 0 Å². The van der Waals surface area contributed by atoms with Crippen LogP contribution >= 0.6 is 11.3 Å². The molecular weight excluding hydrogens is 530 g/mol. The van der Waals surface area contributed by atoms with E-state index in [0.717, 1.165) is 32.8 Å². The van der Waals surface area contributed by atoms with Gasteiger partial charge in [0.25, 0.3) is 5.56 Å². The molecule has 0 saturated heterocycles. The number of anilines is 2. The Balaban J connectivity index is 1.25. The summed E-state index contributed by atoms with van der Waals surface area (Å²) in [5.41, 5.74) is 6.12. The SMILES string of the molecule is O=c1c(-c2ccc(-c3ccnnc3)cc2)cc2cnc(Nc3ccc(C4CCCC4)cc3)nc2n1Cc1nccs1. The molecule has 41 heavy (non-hydrogen) atoms. The van der Waals surface area contributed by atoms with Gasteiger partial charge in [0.2, 0.25) is 5.95 Å². The van der Waals surface area contributed by atoms with Gasteiger partial charge in [-0.3, -0.25) is 9.36 Å². The zero-order valence-electron chi connectivity index (χ0n) is 22.3. The van der Waals surface area contributed by atoms with Crippen LogP contribution in [0.2, 0.25) is 0 Å². The number of fused-ring (bicyclic) bond motifs is 1. The Labute approximate surface area is 240 Å². The number of hydrogen-bond donors (Lipinski definition) is 1. The van der Waals surface area contributed by atoms with Crippen LogP contribution in [0.5, 0.6) is 0 Å². The number of hydrogen-bond acceptors (Lipinski definition) is 8. The van der Waals surface area contributed by atoms with E-state index in [1.165, 1.54) is 42.6 Å². The number of nitrogens with zero attached hydrogens (tertiary/aromatic N) is 6. The molecule has 1 fully saturated rings. The zero-order valence-corrected chi connectivity index (χ0v) is 23.1. The van der Waals surface area contributed by atoms with Crippen molar-refractivity contribution < 1.29 is 0 Å². The summed E-state index contributed by atoms with van der Waals surface area (Å²) in [6.45, 7) is 0.328. The smallest absolute Gasteiger partial charge is 0.260 e. The van der Waals surface area contributed by atoms with Gasteiger partial charge in [-0.1, -0.05) is 49.2 Å². The molecule has 0 aliphatic heterocycles. The van der Waals surface area contributed by atoms with E-state index in [9.17, 15) is 4.79 Å². The fourth-order valence-corrected chi connectivity index (χ4v) is 6.17. The molecule has 4 heterocycles. The molecule has 8 nitrogen and oxygen atoms in total. The summed E-state index contributed by atoms with van der Waals surface area (Å²) in [4.78, 5) is 27.8. The lowest BCUT2D eigenvalue weighted by Gasteiger charge is -2.14. The number of thiazole rings is 1. The van der Waals surface area contributed by atoms with E-state index in [1.54, 1.807) is 29.4 Å². The molecule has 6 aromatic rings. The Morgan fingerprint density at radius 3 is 2.39 bits per heavy atom. The molecule has 1 aliphatic carbocycles. The van der Waals surface area contributed by atoms with Gasteiger partial charge in [0.05, 0.1) is 18.9 Å². The van der Waals surface area contributed by atoms with E-state index in [1.807, 2.05) is 41.8 Å². The maximum absolute atomic E-state index is 13.9. The molecule has 2 aromatic carbocycles. The summed E-state index contributed by atoms with van der Waals surface area (Å²) in [7, 11) is 0. The van der Waals surface area contributed by atoms with Crippen LogP contribution in [0.3, 0.4) is 0 Å². The molecule has 1 saturated carbocycles. The summed E-state index contributed by atoms with van der Waals surface area (Å²) in [5.74, 6) is 1.11. The fourth-order valence-electron chi connectivity index (χ4n) is 5.57. The van der Waals surface area contributed by atoms with Gasteiger partial charge in [0.1, 0.15) is 10.7 Å². The van der Waals surface area contributed by atoms with Crippen LogP contribution in [0.25, 0.3) is 33.3 Å². The normalized spacial score (nSPS) is 13.6. The van der Waals surface area contributed by atoms with Crippen LogP contribution in [0.1, 0.15) is 42.2 Å². The third-order valence-corrected chi connectivity index (χ3v) is 8.48. The first-order chi connectivity index (χ1) is 20.2. The highest BCUT2D eigenvalue weighted by Gasteiger charge is 2.18. The van der Waals surface area contributed by atoms with E-state index in [2.05, 4.69) is 49.7 Å². The van der Waals surface area contributed by atoms with Crippen molar-refractivity contribution in [2.75, 3.05) is 5.32 Å². The molecule has 0 bridgehead atoms. The van der Waals surface area contributed by atoms with Crippen molar-refractivity contribution in [1.82, 2.24) is 29.7 Å². The maximum atomic E-state index is 13.9. The summed E-state index contributed by atoms with van der Waals surface area (Å²) in [6.07, 6.45) is 12.1. The molecule has 1 N–H and O–H groups in total. The Morgan fingerprint density at radius 2 is 1.66 bits per heavy atom. The van der Waals surface area contributed by atoms with Gasteiger partial charge < -0.3 is 5.32 Å². The van der Waals surface area contributed by atoms with Crippen molar-refractivity contribution in [3.05, 3.63) is 112 Å². The minimum absolute atomic E-state index is 0.128. The second-order valence-electron chi connectivity index (χ2n) is 10.3. The highest BCUT2D eigenvalue weighted by Crippen LogP contribution is 2.34. The topological polar surface area (TPSA) is 98.5 Å². The number of aromatic nitrogens is 6. The van der Waals surface area contributed by atoms with Gasteiger partial charge in [0, 0.05) is 40.0 Å². The monoisotopic (exact) mass is 557 g/mol. The van der Waals surface area contributed by atoms with Gasteiger partial charge in [-0.2, -0.15) is 15.2 Å². The quantitative estimate of drug-likeness (QED) is 0.230. The van der Waals surface area contributed by atoms with Crippen molar-refractivity contribution in [2.45, 2.75) is 38.1 Å². The Bertz CT molecular complexity index is 1850. The molecular formula is C32H27N7OS. The summed E-state index contributed by atoms with van der Waals surface area (Å²) >= 11 is 1.51. The van der Waals surface area contributed by atoms with E-state index in [4.69, 9.17) is 4.98 Å². The van der Waals surface area contributed by atoms with Gasteiger partial charge >= 0.3 is 0 Å². The fraction of sp³-hybridized carbons (Fsp3) is 0.188. The Hall–Kier alpha value is -4.76. The molecule has 0 amide bonds. The molecule has 4 aromatic heterocycles. The van der Waals surface area contributed by atoms with Crippen molar-refractivity contribution in [1.29, 1.82) is 0 Å². The largest absolute Gasteiger partial charge is 0.324 e. The van der Waals surface area contributed by atoms with Crippen LogP contribution in [-0.2, 0) is 6.54 Å². The van der Waals surface area contributed by atoms with Crippen LogP contribution in [0.15, 0.2) is 95.6 Å². The van der Waals surface area contributed by atoms with Gasteiger partial charge in [-0.05, 0) is 59.7 Å². The Kier molecular flexibility index (Phi) is 6.78.